The predicted molar refractivity (Wildman–Crippen MR) is 59.0 cm³/mol. The molecule has 0 aliphatic carbocycles. The number of amides is 1. The molecular formula is C11H12N2O5. The number of hydrogen-bond acceptors (Lipinski definition) is 5. The van der Waals surface area contributed by atoms with Crippen molar-refractivity contribution in [3.63, 3.8) is 0 Å². The molecule has 1 aromatic rings. The van der Waals surface area contributed by atoms with Gasteiger partial charge in [0.15, 0.2) is 0 Å². The Balaban J connectivity index is 2.28. The Hall–Kier alpha value is -2.15. The molecule has 1 aromatic heterocycles. The van der Waals surface area contributed by atoms with Crippen molar-refractivity contribution in [3.8, 4) is 5.75 Å². The number of carboxylic acid groups (broad SMARTS) is 1. The van der Waals surface area contributed by atoms with E-state index in [0.29, 0.717) is 0 Å². The average molecular weight is 252 g/mol. The molecule has 3 N–H and O–H groups in total. The monoisotopic (exact) mass is 252 g/mol. The number of aromatic hydroxyl groups is 1. The molecule has 2 rings (SSSR count). The van der Waals surface area contributed by atoms with Gasteiger partial charge in [0.1, 0.15) is 11.8 Å². The number of β-amino-alcohol motifs (C(OH)–C–C–N with tert-alkyl or cyclic N) is 1. The highest BCUT2D eigenvalue weighted by molar-refractivity contribution is 5.99. The molecule has 7 nitrogen and oxygen atoms in total. The molecule has 0 radical (unpaired) electrons. The normalized spacial score (nSPS) is 23.1. The molecule has 0 aromatic carbocycles. The second kappa shape index (κ2) is 4.61. The standard InChI is InChI=1S/C11H12N2O5/c14-6-3-8(11(17)18)13(5-6)10(16)7-1-2-12-4-9(7)15/h1-2,4,6,8,14-15H,3,5H2,(H,17,18)/t6-,8+/m1/s1. The van der Waals surface area contributed by atoms with Crippen LogP contribution in [0.4, 0.5) is 0 Å². The zero-order chi connectivity index (χ0) is 13.3. The molecule has 1 amide bonds. The van der Waals surface area contributed by atoms with Crippen molar-refractivity contribution in [2.24, 2.45) is 0 Å². The van der Waals surface area contributed by atoms with Crippen LogP contribution in [0.5, 0.6) is 5.75 Å². The first-order valence-electron chi connectivity index (χ1n) is 5.35. The van der Waals surface area contributed by atoms with Crippen LogP contribution in [-0.4, -0.2) is 55.8 Å². The third-order valence-corrected chi connectivity index (χ3v) is 2.86. The highest BCUT2D eigenvalue weighted by Crippen LogP contribution is 2.24. The van der Waals surface area contributed by atoms with Crippen molar-refractivity contribution in [2.45, 2.75) is 18.6 Å². The third-order valence-electron chi connectivity index (χ3n) is 2.86. The van der Waals surface area contributed by atoms with Crippen molar-refractivity contribution in [3.05, 3.63) is 24.0 Å². The second-order valence-corrected chi connectivity index (χ2v) is 4.09. The van der Waals surface area contributed by atoms with Gasteiger partial charge in [-0.05, 0) is 6.07 Å². The van der Waals surface area contributed by atoms with Gasteiger partial charge in [-0.25, -0.2) is 4.79 Å². The maximum atomic E-state index is 12.1. The first-order chi connectivity index (χ1) is 8.50. The first-order valence-corrected chi connectivity index (χ1v) is 5.35. The number of aliphatic carboxylic acids is 1. The maximum absolute atomic E-state index is 12.1. The summed E-state index contributed by atoms with van der Waals surface area (Å²) in [6.07, 6.45) is 1.57. The Bertz CT molecular complexity index is 490. The predicted octanol–water partition coefficient (Wildman–Crippen LogP) is -0.553. The summed E-state index contributed by atoms with van der Waals surface area (Å²) in [4.78, 5) is 27.8. The summed E-state index contributed by atoms with van der Waals surface area (Å²) < 4.78 is 0. The molecule has 0 spiro atoms. The van der Waals surface area contributed by atoms with E-state index in [4.69, 9.17) is 5.11 Å². The largest absolute Gasteiger partial charge is 0.505 e. The van der Waals surface area contributed by atoms with Crippen molar-refractivity contribution in [1.82, 2.24) is 9.88 Å². The second-order valence-electron chi connectivity index (χ2n) is 4.09. The van der Waals surface area contributed by atoms with E-state index in [1.54, 1.807) is 0 Å². The zero-order valence-electron chi connectivity index (χ0n) is 9.35. The van der Waals surface area contributed by atoms with Gasteiger partial charge in [0, 0.05) is 19.2 Å². The number of carbonyl (C=O) groups is 2. The lowest BCUT2D eigenvalue weighted by Gasteiger charge is -2.21. The van der Waals surface area contributed by atoms with Crippen molar-refractivity contribution in [2.75, 3.05) is 6.54 Å². The average Bonchev–Trinajstić information content (AvgIpc) is 2.71. The quantitative estimate of drug-likeness (QED) is 0.651. The van der Waals surface area contributed by atoms with Gasteiger partial charge in [-0.1, -0.05) is 0 Å². The van der Waals surface area contributed by atoms with Crippen molar-refractivity contribution >= 4 is 11.9 Å². The summed E-state index contributed by atoms with van der Waals surface area (Å²) in [6.45, 7) is -0.0580. The Morgan fingerprint density at radius 1 is 1.44 bits per heavy atom. The molecule has 0 saturated carbocycles. The number of aliphatic hydroxyl groups is 1. The summed E-state index contributed by atoms with van der Waals surface area (Å²) in [5, 5.41) is 28.0. The van der Waals surface area contributed by atoms with E-state index in [9.17, 15) is 19.8 Å². The van der Waals surface area contributed by atoms with E-state index < -0.39 is 24.0 Å². The summed E-state index contributed by atoms with van der Waals surface area (Å²) >= 11 is 0. The number of carboxylic acids is 1. The van der Waals surface area contributed by atoms with Gasteiger partial charge in [0.25, 0.3) is 5.91 Å². The fourth-order valence-electron chi connectivity index (χ4n) is 1.99. The van der Waals surface area contributed by atoms with Gasteiger partial charge in [-0.15, -0.1) is 0 Å². The fraction of sp³-hybridized carbons (Fsp3) is 0.364. The van der Waals surface area contributed by atoms with Crippen LogP contribution < -0.4 is 0 Å². The minimum Gasteiger partial charge on any atom is -0.505 e. The molecule has 18 heavy (non-hydrogen) atoms. The lowest BCUT2D eigenvalue weighted by atomic mass is 10.2. The molecule has 96 valence electrons. The molecule has 1 aliphatic heterocycles. The van der Waals surface area contributed by atoms with Crippen LogP contribution in [0.2, 0.25) is 0 Å². The molecule has 7 heteroatoms. The summed E-state index contributed by atoms with van der Waals surface area (Å²) in [7, 11) is 0. The van der Waals surface area contributed by atoms with Gasteiger partial charge in [0.05, 0.1) is 17.9 Å². The van der Waals surface area contributed by atoms with Gasteiger partial charge in [-0.2, -0.15) is 0 Å². The van der Waals surface area contributed by atoms with Crippen LogP contribution in [-0.2, 0) is 4.79 Å². The van der Waals surface area contributed by atoms with Gasteiger partial charge in [-0.3, -0.25) is 9.78 Å². The van der Waals surface area contributed by atoms with E-state index in [-0.39, 0.29) is 24.3 Å². The molecule has 1 fully saturated rings. The number of hydrogen-bond donors (Lipinski definition) is 3. The highest BCUT2D eigenvalue weighted by Gasteiger charge is 2.39. The number of carbonyl (C=O) groups excluding carboxylic acids is 1. The Kier molecular flexibility index (Phi) is 3.15. The molecular weight excluding hydrogens is 240 g/mol. The number of pyridine rings is 1. The van der Waals surface area contributed by atoms with E-state index in [0.717, 1.165) is 11.1 Å². The van der Waals surface area contributed by atoms with E-state index in [1.165, 1.54) is 12.3 Å². The lowest BCUT2D eigenvalue weighted by molar-refractivity contribution is -0.141. The molecule has 1 aliphatic rings. The lowest BCUT2D eigenvalue weighted by Crippen LogP contribution is -2.40. The minimum atomic E-state index is -1.17. The zero-order valence-corrected chi connectivity index (χ0v) is 9.35. The van der Waals surface area contributed by atoms with Crippen LogP contribution in [0, 0.1) is 0 Å². The summed E-state index contributed by atoms with van der Waals surface area (Å²) in [5.41, 5.74) is -0.0228. The molecule has 0 unspecified atom stereocenters. The smallest absolute Gasteiger partial charge is 0.326 e. The number of likely N-dealkylation sites (tertiary alicyclic amines) is 1. The van der Waals surface area contributed by atoms with Crippen LogP contribution in [0.25, 0.3) is 0 Å². The van der Waals surface area contributed by atoms with E-state index in [1.807, 2.05) is 0 Å². The molecule has 0 bridgehead atoms. The van der Waals surface area contributed by atoms with Gasteiger partial charge < -0.3 is 20.2 Å². The molecule has 1 saturated heterocycles. The topological polar surface area (TPSA) is 111 Å². The maximum Gasteiger partial charge on any atom is 0.326 e. The molecule has 2 heterocycles. The fourth-order valence-corrected chi connectivity index (χ4v) is 1.99. The van der Waals surface area contributed by atoms with Crippen LogP contribution in [0.3, 0.4) is 0 Å². The SMILES string of the molecule is O=C(O)[C@@H]1C[C@@H](O)CN1C(=O)c1ccncc1O. The van der Waals surface area contributed by atoms with Gasteiger partial charge >= 0.3 is 5.97 Å². The van der Waals surface area contributed by atoms with Crippen LogP contribution in [0.15, 0.2) is 18.5 Å². The number of nitrogens with zero attached hydrogens (tertiary/aromatic N) is 2. The number of aromatic nitrogens is 1. The first kappa shape index (κ1) is 12.3. The van der Waals surface area contributed by atoms with Crippen LogP contribution >= 0.6 is 0 Å². The summed E-state index contributed by atoms with van der Waals surface area (Å²) in [6, 6.07) is 0.237. The third kappa shape index (κ3) is 2.12. The number of aliphatic hydroxyl groups excluding tert-OH is 1. The number of rotatable bonds is 2. The molecule has 2 atom stereocenters. The minimum absolute atomic E-state index is 0.00702. The van der Waals surface area contributed by atoms with E-state index in [2.05, 4.69) is 4.98 Å². The Labute approximate surface area is 102 Å². The Morgan fingerprint density at radius 2 is 2.17 bits per heavy atom. The Morgan fingerprint density at radius 3 is 2.78 bits per heavy atom. The van der Waals surface area contributed by atoms with Crippen LogP contribution in [0.1, 0.15) is 16.8 Å². The van der Waals surface area contributed by atoms with Crippen molar-refractivity contribution in [1.29, 1.82) is 0 Å². The van der Waals surface area contributed by atoms with E-state index >= 15 is 0 Å². The van der Waals surface area contributed by atoms with Crippen molar-refractivity contribution < 1.29 is 24.9 Å². The highest BCUT2D eigenvalue weighted by atomic mass is 16.4. The van der Waals surface area contributed by atoms with Gasteiger partial charge in [0.2, 0.25) is 0 Å². The summed E-state index contributed by atoms with van der Waals surface area (Å²) in [5.74, 6) is -2.11.